The molecule has 2 N–H and O–H groups in total. The van der Waals surface area contributed by atoms with Crippen LogP contribution in [0.4, 0.5) is 10.5 Å². The van der Waals surface area contributed by atoms with Crippen LogP contribution in [0.2, 0.25) is 0 Å². The van der Waals surface area contributed by atoms with Crippen LogP contribution in [0.5, 0.6) is 5.75 Å². The Balaban J connectivity index is 1.65. The molecule has 2 fully saturated rings. The zero-order valence-electron chi connectivity index (χ0n) is 21.5. The molecule has 4 amide bonds. The summed E-state index contributed by atoms with van der Waals surface area (Å²) in [6.45, 7) is 8.80. The van der Waals surface area contributed by atoms with Crippen molar-refractivity contribution in [2.45, 2.75) is 77.5 Å². The van der Waals surface area contributed by atoms with Gasteiger partial charge in [-0.2, -0.15) is 0 Å². The molecular formula is C26H36N4O6. The fourth-order valence-electron chi connectivity index (χ4n) is 5.20. The van der Waals surface area contributed by atoms with Crippen LogP contribution in [0.15, 0.2) is 12.1 Å². The van der Waals surface area contributed by atoms with Crippen molar-refractivity contribution in [2.24, 2.45) is 0 Å². The molecule has 2 heterocycles. The van der Waals surface area contributed by atoms with Crippen LogP contribution in [0.25, 0.3) is 0 Å². The Labute approximate surface area is 211 Å². The number of hydrogen-bond acceptors (Lipinski definition) is 5. The number of nitrogens with one attached hydrogen (secondary N) is 1. The molecule has 1 aliphatic carbocycles. The van der Waals surface area contributed by atoms with Crippen LogP contribution >= 0.6 is 0 Å². The monoisotopic (exact) mass is 500 g/mol. The lowest BCUT2D eigenvalue weighted by Crippen LogP contribution is -2.54. The molecule has 10 nitrogen and oxygen atoms in total. The molecule has 1 spiro atoms. The molecule has 4 rings (SSSR count). The Morgan fingerprint density at radius 2 is 2.00 bits per heavy atom. The van der Waals surface area contributed by atoms with Crippen molar-refractivity contribution in [2.75, 3.05) is 31.1 Å². The van der Waals surface area contributed by atoms with Gasteiger partial charge in [0.1, 0.15) is 5.75 Å². The highest BCUT2D eigenvalue weighted by Gasteiger charge is 2.58. The third-order valence-corrected chi connectivity index (χ3v) is 7.30. The number of hydrogen-bond donors (Lipinski definition) is 2. The summed E-state index contributed by atoms with van der Waals surface area (Å²) in [5, 5.41) is 12.3. The van der Waals surface area contributed by atoms with E-state index < -0.39 is 11.7 Å². The molecule has 1 saturated heterocycles. The number of anilines is 1. The zero-order chi connectivity index (χ0) is 26.2. The van der Waals surface area contributed by atoms with E-state index in [1.807, 2.05) is 26.8 Å². The molecule has 1 aromatic carbocycles. The Morgan fingerprint density at radius 3 is 2.61 bits per heavy atom. The van der Waals surface area contributed by atoms with E-state index in [2.05, 4.69) is 5.32 Å². The summed E-state index contributed by atoms with van der Waals surface area (Å²) < 4.78 is 6.13. The van der Waals surface area contributed by atoms with Crippen molar-refractivity contribution in [3.8, 4) is 5.75 Å². The predicted octanol–water partition coefficient (Wildman–Crippen LogP) is 2.77. The minimum atomic E-state index is -0.976. The van der Waals surface area contributed by atoms with E-state index in [1.165, 1.54) is 4.90 Å². The van der Waals surface area contributed by atoms with E-state index in [9.17, 15) is 24.3 Å². The van der Waals surface area contributed by atoms with E-state index in [4.69, 9.17) is 4.74 Å². The molecule has 10 heteroatoms. The molecule has 0 radical (unpaired) electrons. The Hall–Kier alpha value is -3.30. The first kappa shape index (κ1) is 25.8. The van der Waals surface area contributed by atoms with Crippen molar-refractivity contribution >= 4 is 29.5 Å². The van der Waals surface area contributed by atoms with Crippen molar-refractivity contribution in [1.82, 2.24) is 15.1 Å². The first-order chi connectivity index (χ1) is 17.1. The number of benzene rings is 1. The number of fused-ring (bicyclic) bond motifs is 1. The minimum absolute atomic E-state index is 0.0905. The van der Waals surface area contributed by atoms with Gasteiger partial charge < -0.3 is 29.9 Å². The Kier molecular flexibility index (Phi) is 7.15. The third-order valence-electron chi connectivity index (χ3n) is 7.30. The van der Waals surface area contributed by atoms with E-state index in [1.54, 1.807) is 22.8 Å². The normalized spacial score (nSPS) is 20.1. The summed E-state index contributed by atoms with van der Waals surface area (Å²) in [7, 11) is 0. The quantitative estimate of drug-likeness (QED) is 0.594. The van der Waals surface area contributed by atoms with Gasteiger partial charge in [-0.25, -0.2) is 4.79 Å². The maximum atomic E-state index is 13.9. The Morgan fingerprint density at radius 1 is 1.28 bits per heavy atom. The Bertz CT molecular complexity index is 1070. The van der Waals surface area contributed by atoms with Crippen LogP contribution in [0, 0.1) is 6.92 Å². The van der Waals surface area contributed by atoms with Gasteiger partial charge in [0.15, 0.2) is 5.60 Å². The zero-order valence-corrected chi connectivity index (χ0v) is 21.5. The number of aryl methyl sites for hydroxylation is 1. The molecular weight excluding hydrogens is 464 g/mol. The summed E-state index contributed by atoms with van der Waals surface area (Å²) in [5.74, 6) is 0.134. The molecule has 1 aromatic rings. The van der Waals surface area contributed by atoms with E-state index >= 15 is 0 Å². The number of likely N-dealkylation sites (tertiary alicyclic amines) is 1. The van der Waals surface area contributed by atoms with Crippen LogP contribution < -0.4 is 15.0 Å². The van der Waals surface area contributed by atoms with E-state index in [-0.39, 0.29) is 42.9 Å². The number of carboxylic acid groups (broad SMARTS) is 1. The van der Waals surface area contributed by atoms with Crippen LogP contribution in [-0.4, -0.2) is 82.6 Å². The maximum Gasteiger partial charge on any atom is 0.407 e. The SMILES string of the molecule is CCC(=O)NCCN1C(=O)C2(CC2)Oc2cc(C)c(C(=O)N(C(C)C)[C@@H]3CCCN(C(=O)O)C3)cc21. The van der Waals surface area contributed by atoms with E-state index in [0.29, 0.717) is 55.8 Å². The van der Waals surface area contributed by atoms with Gasteiger partial charge in [-0.05, 0) is 51.3 Å². The largest absolute Gasteiger partial charge is 0.475 e. The summed E-state index contributed by atoms with van der Waals surface area (Å²) in [6.07, 6.45) is 2.10. The fourth-order valence-corrected chi connectivity index (χ4v) is 5.20. The van der Waals surface area contributed by atoms with Gasteiger partial charge in [-0.15, -0.1) is 0 Å². The minimum Gasteiger partial charge on any atom is -0.475 e. The smallest absolute Gasteiger partial charge is 0.407 e. The number of nitrogens with zero attached hydrogens (tertiary/aromatic N) is 3. The van der Waals surface area contributed by atoms with Gasteiger partial charge >= 0.3 is 6.09 Å². The molecule has 36 heavy (non-hydrogen) atoms. The fraction of sp³-hybridized carbons (Fsp3) is 0.615. The standard InChI is InChI=1S/C26H36N4O6/c1-5-22(31)27-10-12-29-20-14-19(17(4)13-21(20)36-26(8-9-26)24(29)33)23(32)30(16(2)3)18-7-6-11-28(15-18)25(34)35/h13-14,16,18H,5-12,15H2,1-4H3,(H,27,31)(H,34,35)/t18-/m1/s1. The van der Waals surface area contributed by atoms with Crippen molar-refractivity contribution in [3.63, 3.8) is 0 Å². The number of amides is 4. The molecule has 0 bridgehead atoms. The lowest BCUT2D eigenvalue weighted by atomic mass is 9.98. The highest BCUT2D eigenvalue weighted by molar-refractivity contribution is 6.06. The first-order valence-corrected chi connectivity index (χ1v) is 12.8. The molecule has 0 unspecified atom stereocenters. The summed E-state index contributed by atoms with van der Waals surface area (Å²) in [6, 6.07) is 3.16. The molecule has 196 valence electrons. The lowest BCUT2D eigenvalue weighted by molar-refractivity contribution is -0.128. The predicted molar refractivity (Wildman–Crippen MR) is 133 cm³/mol. The van der Waals surface area contributed by atoms with Crippen LogP contribution in [-0.2, 0) is 9.59 Å². The van der Waals surface area contributed by atoms with Crippen molar-refractivity contribution < 1.29 is 29.0 Å². The molecule has 3 aliphatic rings. The van der Waals surface area contributed by atoms with Gasteiger partial charge in [0.25, 0.3) is 11.8 Å². The van der Waals surface area contributed by atoms with Crippen LogP contribution in [0.3, 0.4) is 0 Å². The van der Waals surface area contributed by atoms with Crippen molar-refractivity contribution in [3.05, 3.63) is 23.3 Å². The van der Waals surface area contributed by atoms with Gasteiger partial charge in [0.05, 0.1) is 11.7 Å². The summed E-state index contributed by atoms with van der Waals surface area (Å²) in [5.41, 5.74) is 0.878. The van der Waals surface area contributed by atoms with Crippen LogP contribution in [0.1, 0.15) is 68.8 Å². The second-order valence-corrected chi connectivity index (χ2v) is 10.2. The highest BCUT2D eigenvalue weighted by atomic mass is 16.5. The summed E-state index contributed by atoms with van der Waals surface area (Å²) in [4.78, 5) is 55.3. The van der Waals surface area contributed by atoms with E-state index in [0.717, 1.165) is 12.0 Å². The number of carbonyl (C=O) groups excluding carboxylic acids is 3. The molecule has 0 aromatic heterocycles. The molecule has 1 atom stereocenters. The number of carbonyl (C=O) groups is 4. The summed E-state index contributed by atoms with van der Waals surface area (Å²) >= 11 is 0. The van der Waals surface area contributed by atoms with Gasteiger partial charge in [0, 0.05) is 57.0 Å². The molecule has 1 saturated carbocycles. The molecule has 2 aliphatic heterocycles. The average molecular weight is 501 g/mol. The number of piperidine rings is 1. The average Bonchev–Trinajstić information content (AvgIpc) is 3.61. The number of rotatable bonds is 7. The highest BCUT2D eigenvalue weighted by Crippen LogP contribution is 2.50. The topological polar surface area (TPSA) is 119 Å². The third kappa shape index (κ3) is 4.85. The first-order valence-electron chi connectivity index (χ1n) is 12.8. The maximum absolute atomic E-state index is 13.9. The van der Waals surface area contributed by atoms with Gasteiger partial charge in [-0.3, -0.25) is 14.4 Å². The second kappa shape index (κ2) is 9.99. The van der Waals surface area contributed by atoms with Gasteiger partial charge in [0.2, 0.25) is 5.91 Å². The van der Waals surface area contributed by atoms with Crippen molar-refractivity contribution in [1.29, 1.82) is 0 Å². The van der Waals surface area contributed by atoms with Gasteiger partial charge in [-0.1, -0.05) is 6.92 Å². The number of ether oxygens (including phenoxy) is 1. The second-order valence-electron chi connectivity index (χ2n) is 10.2. The lowest BCUT2D eigenvalue weighted by Gasteiger charge is -2.41.